The Morgan fingerprint density at radius 2 is 2.14 bits per heavy atom. The van der Waals surface area contributed by atoms with Gasteiger partial charge in [0.25, 0.3) is 11.8 Å². The van der Waals surface area contributed by atoms with Crippen LogP contribution in [0.2, 0.25) is 5.02 Å². The molecule has 1 aromatic carbocycles. The number of likely N-dealkylation sites (tertiary alicyclic amines) is 1. The Morgan fingerprint density at radius 3 is 2.82 bits per heavy atom. The molecule has 2 heterocycles. The number of nitrogens with zero attached hydrogens (tertiary/aromatic N) is 2. The van der Waals surface area contributed by atoms with E-state index in [0.29, 0.717) is 30.1 Å². The van der Waals surface area contributed by atoms with Crippen molar-refractivity contribution in [2.24, 2.45) is 0 Å². The summed E-state index contributed by atoms with van der Waals surface area (Å²) in [5.74, 6) is -0.571. The molecular weight excluding hydrogens is 376 g/mol. The average Bonchev–Trinajstić information content (AvgIpc) is 3.08. The van der Waals surface area contributed by atoms with Gasteiger partial charge in [-0.2, -0.15) is 0 Å². The van der Waals surface area contributed by atoms with E-state index in [1.54, 1.807) is 23.1 Å². The summed E-state index contributed by atoms with van der Waals surface area (Å²) in [6, 6.07) is 4.73. The predicted octanol–water partition coefficient (Wildman–Crippen LogP) is 2.30. The molecular formula is C14H12BrClN2O4. The molecule has 22 heavy (non-hydrogen) atoms. The molecule has 0 aromatic heterocycles. The number of imide groups is 1. The molecule has 1 unspecified atom stereocenters. The number of hydrogen-bond donors (Lipinski definition) is 0. The van der Waals surface area contributed by atoms with Crippen molar-refractivity contribution in [3.63, 3.8) is 0 Å². The average molecular weight is 388 g/mol. The van der Waals surface area contributed by atoms with Crippen LogP contribution in [0.5, 0.6) is 0 Å². The maximum Gasteiger partial charge on any atom is 0.417 e. The van der Waals surface area contributed by atoms with E-state index >= 15 is 0 Å². The fourth-order valence-corrected chi connectivity index (χ4v) is 3.25. The van der Waals surface area contributed by atoms with Crippen molar-refractivity contribution >= 4 is 45.4 Å². The van der Waals surface area contributed by atoms with E-state index in [1.165, 1.54) is 0 Å². The van der Waals surface area contributed by atoms with Gasteiger partial charge in [-0.05, 0) is 24.6 Å². The molecule has 3 rings (SSSR count). The highest BCUT2D eigenvalue weighted by molar-refractivity contribution is 9.10. The van der Waals surface area contributed by atoms with Gasteiger partial charge in [-0.3, -0.25) is 9.59 Å². The highest BCUT2D eigenvalue weighted by Crippen LogP contribution is 2.26. The molecule has 0 saturated carbocycles. The molecule has 2 fully saturated rings. The van der Waals surface area contributed by atoms with Crippen LogP contribution in [0.4, 0.5) is 4.79 Å². The second kappa shape index (κ2) is 5.89. The monoisotopic (exact) mass is 386 g/mol. The minimum Gasteiger partial charge on any atom is -0.439 e. The number of cyclic esters (lactones) is 1. The first-order chi connectivity index (χ1) is 10.5. The number of carbonyl (C=O) groups is 3. The predicted molar refractivity (Wildman–Crippen MR) is 81.7 cm³/mol. The van der Waals surface area contributed by atoms with E-state index in [0.717, 1.165) is 9.37 Å². The van der Waals surface area contributed by atoms with Crippen LogP contribution in [-0.2, 0) is 9.53 Å². The van der Waals surface area contributed by atoms with Crippen LogP contribution in [0.3, 0.4) is 0 Å². The Kier molecular flexibility index (Phi) is 4.10. The number of benzene rings is 1. The zero-order valence-corrected chi connectivity index (χ0v) is 13.8. The highest BCUT2D eigenvalue weighted by atomic mass is 79.9. The highest BCUT2D eigenvalue weighted by Gasteiger charge is 2.41. The number of carbonyl (C=O) groups excluding carboxylic acids is 3. The number of halogens is 2. The molecule has 0 radical (unpaired) electrons. The Bertz CT molecular complexity index is 650. The SMILES string of the molecule is O=C(c1cc(Br)ccc1Cl)N1CCC(N2C(=O)COC2=O)C1. The quantitative estimate of drug-likeness (QED) is 0.781. The molecule has 116 valence electrons. The molecule has 3 amide bonds. The minimum absolute atomic E-state index is 0.214. The maximum absolute atomic E-state index is 12.5. The molecule has 1 aromatic rings. The normalized spacial score (nSPS) is 21.5. The Hall–Kier alpha value is -1.60. The molecule has 0 bridgehead atoms. The summed E-state index contributed by atoms with van der Waals surface area (Å²) in [7, 11) is 0. The standard InChI is InChI=1S/C14H12BrClN2O4/c15-8-1-2-11(16)10(5-8)13(20)17-4-3-9(6-17)18-12(19)7-22-14(18)21/h1-2,5,9H,3-4,6-7H2. The first kappa shape index (κ1) is 15.3. The van der Waals surface area contributed by atoms with Gasteiger partial charge >= 0.3 is 6.09 Å². The second-order valence-electron chi connectivity index (χ2n) is 5.14. The van der Waals surface area contributed by atoms with Gasteiger partial charge in [0.05, 0.1) is 16.6 Å². The van der Waals surface area contributed by atoms with Crippen LogP contribution < -0.4 is 0 Å². The molecule has 6 nitrogen and oxygen atoms in total. The van der Waals surface area contributed by atoms with Crippen molar-refractivity contribution in [1.82, 2.24) is 9.80 Å². The van der Waals surface area contributed by atoms with Gasteiger partial charge in [-0.1, -0.05) is 27.5 Å². The van der Waals surface area contributed by atoms with Gasteiger partial charge in [-0.25, -0.2) is 9.69 Å². The molecule has 2 saturated heterocycles. The van der Waals surface area contributed by atoms with Crippen LogP contribution in [0.15, 0.2) is 22.7 Å². The van der Waals surface area contributed by atoms with Crippen molar-refractivity contribution in [3.8, 4) is 0 Å². The zero-order chi connectivity index (χ0) is 15.9. The zero-order valence-electron chi connectivity index (χ0n) is 11.4. The van der Waals surface area contributed by atoms with E-state index in [9.17, 15) is 14.4 Å². The number of amides is 3. The van der Waals surface area contributed by atoms with Gasteiger partial charge in [-0.15, -0.1) is 0 Å². The summed E-state index contributed by atoms with van der Waals surface area (Å²) in [6.07, 6.45) is -0.0946. The van der Waals surface area contributed by atoms with Crippen molar-refractivity contribution in [3.05, 3.63) is 33.3 Å². The van der Waals surface area contributed by atoms with Gasteiger partial charge in [0.15, 0.2) is 6.61 Å². The lowest BCUT2D eigenvalue weighted by atomic mass is 10.2. The van der Waals surface area contributed by atoms with Gasteiger partial charge in [0, 0.05) is 17.6 Å². The summed E-state index contributed by atoms with van der Waals surface area (Å²) in [6.45, 7) is 0.534. The Balaban J connectivity index is 1.75. The van der Waals surface area contributed by atoms with E-state index in [2.05, 4.69) is 15.9 Å². The topological polar surface area (TPSA) is 66.9 Å². The summed E-state index contributed by atoms with van der Waals surface area (Å²) in [5.41, 5.74) is 0.395. The van der Waals surface area contributed by atoms with Gasteiger partial charge < -0.3 is 9.64 Å². The van der Waals surface area contributed by atoms with E-state index < -0.39 is 6.09 Å². The fourth-order valence-electron chi connectivity index (χ4n) is 2.69. The van der Waals surface area contributed by atoms with E-state index in [1.807, 2.05) is 0 Å². The van der Waals surface area contributed by atoms with Crippen LogP contribution in [-0.4, -0.2) is 53.4 Å². The lowest BCUT2D eigenvalue weighted by Crippen LogP contribution is -2.42. The van der Waals surface area contributed by atoms with Crippen molar-refractivity contribution in [2.75, 3.05) is 19.7 Å². The van der Waals surface area contributed by atoms with Gasteiger partial charge in [0.2, 0.25) is 0 Å². The minimum atomic E-state index is -0.634. The molecule has 0 spiro atoms. The van der Waals surface area contributed by atoms with Crippen LogP contribution in [0, 0.1) is 0 Å². The first-order valence-electron chi connectivity index (χ1n) is 6.70. The fraction of sp³-hybridized carbons (Fsp3) is 0.357. The van der Waals surface area contributed by atoms with Crippen LogP contribution in [0.25, 0.3) is 0 Å². The Labute approximate surface area is 140 Å². The van der Waals surface area contributed by atoms with Gasteiger partial charge in [0.1, 0.15) is 0 Å². The molecule has 0 aliphatic carbocycles. The van der Waals surface area contributed by atoms with Crippen molar-refractivity contribution in [1.29, 1.82) is 0 Å². The third kappa shape index (κ3) is 2.70. The third-order valence-electron chi connectivity index (χ3n) is 3.76. The number of hydrogen-bond acceptors (Lipinski definition) is 4. The second-order valence-corrected chi connectivity index (χ2v) is 6.46. The third-order valence-corrected chi connectivity index (χ3v) is 4.58. The number of rotatable bonds is 2. The lowest BCUT2D eigenvalue weighted by Gasteiger charge is -2.21. The largest absolute Gasteiger partial charge is 0.439 e. The summed E-state index contributed by atoms with van der Waals surface area (Å²) >= 11 is 9.38. The van der Waals surface area contributed by atoms with Crippen LogP contribution >= 0.6 is 27.5 Å². The van der Waals surface area contributed by atoms with E-state index in [-0.39, 0.29) is 24.5 Å². The molecule has 8 heteroatoms. The Morgan fingerprint density at radius 1 is 1.36 bits per heavy atom. The summed E-state index contributed by atoms with van der Waals surface area (Å²) < 4.78 is 5.47. The molecule has 2 aliphatic rings. The van der Waals surface area contributed by atoms with Crippen molar-refractivity contribution in [2.45, 2.75) is 12.5 Å². The first-order valence-corrected chi connectivity index (χ1v) is 7.87. The lowest BCUT2D eigenvalue weighted by molar-refractivity contribution is -0.127. The molecule has 1 atom stereocenters. The molecule has 0 N–H and O–H groups in total. The number of ether oxygens (including phenoxy) is 1. The smallest absolute Gasteiger partial charge is 0.417 e. The van der Waals surface area contributed by atoms with E-state index in [4.69, 9.17) is 16.3 Å². The van der Waals surface area contributed by atoms with Crippen LogP contribution in [0.1, 0.15) is 16.8 Å². The summed E-state index contributed by atoms with van der Waals surface area (Å²) in [5, 5.41) is 0.369. The molecule has 2 aliphatic heterocycles. The van der Waals surface area contributed by atoms with Crippen molar-refractivity contribution < 1.29 is 19.1 Å². The maximum atomic E-state index is 12.5. The summed E-state index contributed by atoms with van der Waals surface area (Å²) in [4.78, 5) is 38.5.